The van der Waals surface area contributed by atoms with Gasteiger partial charge in [-0.25, -0.2) is 4.79 Å². The highest BCUT2D eigenvalue weighted by Crippen LogP contribution is 2.20. The molecular weight excluding hydrogens is 418 g/mol. The Morgan fingerprint density at radius 1 is 1.03 bits per heavy atom. The molecule has 0 bridgehead atoms. The third kappa shape index (κ3) is 6.23. The van der Waals surface area contributed by atoms with Gasteiger partial charge >= 0.3 is 6.03 Å². The molecule has 1 fully saturated rings. The zero-order chi connectivity index (χ0) is 23.2. The van der Waals surface area contributed by atoms with Crippen LogP contribution < -0.4 is 21.1 Å². The van der Waals surface area contributed by atoms with Crippen LogP contribution in [0.3, 0.4) is 0 Å². The summed E-state index contributed by atoms with van der Waals surface area (Å²) in [7, 11) is 0. The van der Waals surface area contributed by atoms with Crippen LogP contribution in [0.4, 0.5) is 28.1 Å². The first-order valence-corrected chi connectivity index (χ1v) is 11.3. The number of piperidine rings is 1. The number of benzene rings is 2. The second-order valence-electron chi connectivity index (χ2n) is 8.41. The minimum atomic E-state index is -0.476. The summed E-state index contributed by atoms with van der Waals surface area (Å²) in [4.78, 5) is 19.2. The fraction of sp³-hybridized carbons (Fsp3) is 0.375. The van der Waals surface area contributed by atoms with Crippen LogP contribution in [0.2, 0.25) is 0 Å². The van der Waals surface area contributed by atoms with E-state index in [1.165, 1.54) is 19.3 Å². The second kappa shape index (κ2) is 10.4. The van der Waals surface area contributed by atoms with Crippen LogP contribution in [0.1, 0.15) is 30.4 Å². The highest BCUT2D eigenvalue weighted by molar-refractivity contribution is 5.92. The smallest absolute Gasteiger partial charge is 0.349 e. The summed E-state index contributed by atoms with van der Waals surface area (Å²) in [6.45, 7) is 7.89. The van der Waals surface area contributed by atoms with E-state index in [1.54, 1.807) is 0 Å². The molecule has 0 aliphatic carbocycles. The molecule has 33 heavy (non-hydrogen) atoms. The topological polar surface area (TPSA) is 110 Å². The number of nitrogens with zero attached hydrogens (tertiary/aromatic N) is 4. The number of ether oxygens (including phenoxy) is 1. The first kappa shape index (κ1) is 22.6. The molecule has 9 nitrogen and oxygen atoms in total. The Labute approximate surface area is 193 Å². The van der Waals surface area contributed by atoms with Gasteiger partial charge in [0.25, 0.3) is 0 Å². The first-order chi connectivity index (χ1) is 16.0. The number of hydrogen-bond donors (Lipinski definition) is 3. The van der Waals surface area contributed by atoms with Gasteiger partial charge in [0.15, 0.2) is 0 Å². The summed E-state index contributed by atoms with van der Waals surface area (Å²) in [5, 5.41) is 10.1. The van der Waals surface area contributed by atoms with Gasteiger partial charge in [-0.3, -0.25) is 4.90 Å². The molecule has 4 N–H and O–H groups in total. The maximum Gasteiger partial charge on any atom is 0.349 e. The molecule has 0 radical (unpaired) electrons. The average molecular weight is 450 g/mol. The number of anilines is 4. The van der Waals surface area contributed by atoms with E-state index in [4.69, 9.17) is 10.5 Å². The number of nitrogens with one attached hydrogen (secondary N) is 2. The Balaban J connectivity index is 1.31. The maximum atomic E-state index is 12.6. The number of nitrogen functional groups attached to an aromatic ring is 1. The number of hydrogen-bond acceptors (Lipinski definition) is 7. The number of carbonyl (C=O) groups excluding carboxylic acids is 1. The molecule has 1 aromatic heterocycles. The quantitative estimate of drug-likeness (QED) is 0.497. The van der Waals surface area contributed by atoms with Crippen molar-refractivity contribution in [1.82, 2.24) is 19.7 Å². The molecule has 0 saturated carbocycles. The fourth-order valence-corrected chi connectivity index (χ4v) is 3.99. The lowest BCUT2D eigenvalue weighted by Crippen LogP contribution is -2.33. The fourth-order valence-electron chi connectivity index (χ4n) is 3.99. The molecule has 0 atom stereocenters. The number of nitrogens with two attached hydrogens (primary N) is 1. The van der Waals surface area contributed by atoms with E-state index < -0.39 is 6.03 Å². The van der Waals surface area contributed by atoms with Gasteiger partial charge in [0.2, 0.25) is 11.9 Å². The predicted molar refractivity (Wildman–Crippen MR) is 130 cm³/mol. The number of aromatic nitrogens is 3. The monoisotopic (exact) mass is 449 g/mol. The van der Waals surface area contributed by atoms with E-state index in [0.717, 1.165) is 46.9 Å². The SMILES string of the molecule is Cc1cc(C)cc(NC(=O)n2nc(Nc3ccc(OCCN4CCCCC4)cc3)nc2N)c1. The molecule has 1 amide bonds. The number of rotatable bonds is 7. The Bertz CT molecular complexity index is 1070. The van der Waals surface area contributed by atoms with Gasteiger partial charge in [-0.15, -0.1) is 9.78 Å². The van der Waals surface area contributed by atoms with Crippen LogP contribution in [-0.4, -0.2) is 51.9 Å². The van der Waals surface area contributed by atoms with Crippen molar-refractivity contribution in [2.24, 2.45) is 0 Å². The van der Waals surface area contributed by atoms with E-state index in [2.05, 4.69) is 25.6 Å². The molecule has 0 unspecified atom stereocenters. The highest BCUT2D eigenvalue weighted by atomic mass is 16.5. The van der Waals surface area contributed by atoms with Crippen LogP contribution in [0.15, 0.2) is 42.5 Å². The van der Waals surface area contributed by atoms with Gasteiger partial charge in [0, 0.05) is 17.9 Å². The standard InChI is InChI=1S/C24H31N7O2/c1-17-14-18(2)16-20(15-17)27-24(32)31-22(25)28-23(29-31)26-19-6-8-21(9-7-19)33-13-12-30-10-4-3-5-11-30/h6-9,14-16H,3-5,10-13H2,1-2H3,(H,27,32)(H3,25,26,28,29). The Hall–Kier alpha value is -3.59. The number of likely N-dealkylation sites (tertiary alicyclic amines) is 1. The summed E-state index contributed by atoms with van der Waals surface area (Å²) in [6, 6.07) is 12.9. The molecule has 2 aromatic carbocycles. The Morgan fingerprint density at radius 2 is 1.73 bits per heavy atom. The van der Waals surface area contributed by atoms with E-state index in [0.29, 0.717) is 12.3 Å². The number of carbonyl (C=O) groups is 1. The van der Waals surface area contributed by atoms with Crippen molar-refractivity contribution in [3.8, 4) is 5.75 Å². The van der Waals surface area contributed by atoms with Gasteiger partial charge in [0.1, 0.15) is 12.4 Å². The van der Waals surface area contributed by atoms with Crippen molar-refractivity contribution >= 4 is 29.3 Å². The summed E-state index contributed by atoms with van der Waals surface area (Å²) in [5.41, 5.74) is 9.47. The van der Waals surface area contributed by atoms with Gasteiger partial charge in [-0.1, -0.05) is 12.5 Å². The van der Waals surface area contributed by atoms with E-state index in [9.17, 15) is 4.79 Å². The van der Waals surface area contributed by atoms with E-state index in [1.807, 2.05) is 56.3 Å². The van der Waals surface area contributed by atoms with Gasteiger partial charge in [-0.2, -0.15) is 4.98 Å². The lowest BCUT2D eigenvalue weighted by Gasteiger charge is -2.26. The van der Waals surface area contributed by atoms with Crippen molar-refractivity contribution in [1.29, 1.82) is 0 Å². The first-order valence-electron chi connectivity index (χ1n) is 11.3. The molecule has 1 aliphatic rings. The van der Waals surface area contributed by atoms with Crippen LogP contribution in [0.5, 0.6) is 5.75 Å². The van der Waals surface area contributed by atoms with Crippen LogP contribution >= 0.6 is 0 Å². The minimum absolute atomic E-state index is 0.00274. The van der Waals surface area contributed by atoms with Crippen LogP contribution in [0, 0.1) is 13.8 Å². The Kier molecular flexibility index (Phi) is 7.09. The average Bonchev–Trinajstić information content (AvgIpc) is 3.15. The summed E-state index contributed by atoms with van der Waals surface area (Å²) >= 11 is 0. The molecule has 1 aliphatic heterocycles. The zero-order valence-electron chi connectivity index (χ0n) is 19.2. The van der Waals surface area contributed by atoms with Crippen molar-refractivity contribution in [2.75, 3.05) is 42.6 Å². The van der Waals surface area contributed by atoms with Gasteiger partial charge < -0.3 is 21.1 Å². The third-order valence-corrected chi connectivity index (χ3v) is 5.53. The molecule has 174 valence electrons. The lowest BCUT2D eigenvalue weighted by molar-refractivity contribution is 0.183. The molecule has 4 rings (SSSR count). The molecule has 2 heterocycles. The summed E-state index contributed by atoms with van der Waals surface area (Å²) in [5.74, 6) is 1.04. The molecule has 9 heteroatoms. The molecular formula is C24H31N7O2. The van der Waals surface area contributed by atoms with Crippen molar-refractivity contribution in [3.05, 3.63) is 53.6 Å². The van der Waals surface area contributed by atoms with Gasteiger partial charge in [-0.05, 0) is 87.3 Å². The largest absolute Gasteiger partial charge is 0.492 e. The van der Waals surface area contributed by atoms with Crippen LogP contribution in [-0.2, 0) is 0 Å². The third-order valence-electron chi connectivity index (χ3n) is 5.53. The van der Waals surface area contributed by atoms with E-state index in [-0.39, 0.29) is 11.9 Å². The Morgan fingerprint density at radius 3 is 2.42 bits per heavy atom. The van der Waals surface area contributed by atoms with E-state index >= 15 is 0 Å². The summed E-state index contributed by atoms with van der Waals surface area (Å²) < 4.78 is 6.90. The minimum Gasteiger partial charge on any atom is -0.492 e. The zero-order valence-corrected chi connectivity index (χ0v) is 19.2. The highest BCUT2D eigenvalue weighted by Gasteiger charge is 2.15. The van der Waals surface area contributed by atoms with Crippen molar-refractivity contribution < 1.29 is 9.53 Å². The predicted octanol–water partition coefficient (Wildman–Crippen LogP) is 4.17. The van der Waals surface area contributed by atoms with Gasteiger partial charge in [0.05, 0.1) is 0 Å². The number of amides is 1. The summed E-state index contributed by atoms with van der Waals surface area (Å²) in [6.07, 6.45) is 3.89. The normalized spacial score (nSPS) is 14.1. The number of aryl methyl sites for hydroxylation is 2. The van der Waals surface area contributed by atoms with Crippen LogP contribution in [0.25, 0.3) is 0 Å². The second-order valence-corrected chi connectivity index (χ2v) is 8.41. The lowest BCUT2D eigenvalue weighted by atomic mass is 10.1. The van der Waals surface area contributed by atoms with Crippen molar-refractivity contribution in [3.63, 3.8) is 0 Å². The molecule has 3 aromatic rings. The molecule has 1 saturated heterocycles. The van der Waals surface area contributed by atoms with Crippen molar-refractivity contribution in [2.45, 2.75) is 33.1 Å². The molecule has 0 spiro atoms. The maximum absolute atomic E-state index is 12.6.